The smallest absolute Gasteiger partial charge is 0.267 e. The Labute approximate surface area is 194 Å². The van der Waals surface area contributed by atoms with E-state index in [-0.39, 0.29) is 5.69 Å². The number of ether oxygens (including phenoxy) is 1. The fourth-order valence-electron chi connectivity index (χ4n) is 6.43. The molecule has 1 amide bonds. The number of piperazine rings is 1. The molecule has 2 aromatic heterocycles. The molecule has 8 heteroatoms. The number of hydrogen-bond donors (Lipinski definition) is 1. The maximum atomic E-state index is 11.4. The van der Waals surface area contributed by atoms with Gasteiger partial charge in [0.2, 0.25) is 5.88 Å². The van der Waals surface area contributed by atoms with Gasteiger partial charge in [0, 0.05) is 45.5 Å². The summed E-state index contributed by atoms with van der Waals surface area (Å²) in [6.45, 7) is 7.12. The molecule has 3 fully saturated rings. The number of primary amides is 1. The number of anilines is 2. The number of aromatic nitrogens is 2. The molecule has 1 aliphatic carbocycles. The molecule has 3 aliphatic heterocycles. The first-order valence-electron chi connectivity index (χ1n) is 12.2. The van der Waals surface area contributed by atoms with E-state index in [1.54, 1.807) is 6.07 Å². The van der Waals surface area contributed by atoms with Crippen molar-refractivity contribution in [2.24, 2.45) is 17.1 Å². The molecule has 0 bridgehead atoms. The van der Waals surface area contributed by atoms with Gasteiger partial charge in [-0.05, 0) is 61.3 Å². The molecule has 1 unspecified atom stereocenters. The number of nitrogens with zero attached hydrogens (tertiary/aromatic N) is 5. The highest BCUT2D eigenvalue weighted by Crippen LogP contribution is 2.53. The zero-order valence-corrected chi connectivity index (χ0v) is 19.0. The third-order valence-electron chi connectivity index (χ3n) is 8.14. The average Bonchev–Trinajstić information content (AvgIpc) is 2.83. The Kier molecular flexibility index (Phi) is 5.13. The van der Waals surface area contributed by atoms with Gasteiger partial charge in [-0.2, -0.15) is 0 Å². The number of nitrogens with two attached hydrogens (primary N) is 1. The zero-order chi connectivity index (χ0) is 22.4. The summed E-state index contributed by atoms with van der Waals surface area (Å²) in [6.07, 6.45) is 7.21. The van der Waals surface area contributed by atoms with Crippen LogP contribution >= 0.6 is 0 Å². The van der Waals surface area contributed by atoms with E-state index < -0.39 is 5.91 Å². The van der Waals surface area contributed by atoms with E-state index in [1.165, 1.54) is 32.2 Å². The summed E-state index contributed by atoms with van der Waals surface area (Å²) in [4.78, 5) is 27.7. The van der Waals surface area contributed by atoms with Crippen LogP contribution in [0.4, 0.5) is 11.5 Å². The van der Waals surface area contributed by atoms with Gasteiger partial charge in [0.25, 0.3) is 5.91 Å². The van der Waals surface area contributed by atoms with Crippen LogP contribution in [0.2, 0.25) is 0 Å². The summed E-state index contributed by atoms with van der Waals surface area (Å²) in [5, 5.41) is 0. The number of fused-ring (bicyclic) bond motifs is 3. The molecule has 33 heavy (non-hydrogen) atoms. The summed E-state index contributed by atoms with van der Waals surface area (Å²) < 4.78 is 5.92. The number of hydrogen-bond acceptors (Lipinski definition) is 7. The average molecular weight is 449 g/mol. The van der Waals surface area contributed by atoms with Gasteiger partial charge < -0.3 is 20.3 Å². The monoisotopic (exact) mass is 448 g/mol. The molecule has 1 atom stereocenters. The Morgan fingerprint density at radius 2 is 1.97 bits per heavy atom. The minimum absolute atomic E-state index is 0.260. The topological polar surface area (TPSA) is 87.8 Å². The summed E-state index contributed by atoms with van der Waals surface area (Å²) in [6, 6.07) is 10.2. The van der Waals surface area contributed by atoms with Crippen molar-refractivity contribution in [3.63, 3.8) is 0 Å². The standard InChI is InChI=1S/C25H32N6O2/c26-23(32)20-4-5-21-24(28-20)33-17-19-16-29(11-12-31(19)21)15-18-13-25(14-18)6-9-30(10-7-25)22-3-1-2-8-27-22/h1-5,8,18-19H,6-7,9-17H2,(H2,26,32). The van der Waals surface area contributed by atoms with Crippen LogP contribution in [0.1, 0.15) is 36.2 Å². The van der Waals surface area contributed by atoms with Gasteiger partial charge in [-0.25, -0.2) is 9.97 Å². The zero-order valence-electron chi connectivity index (χ0n) is 19.0. The third kappa shape index (κ3) is 3.90. The van der Waals surface area contributed by atoms with Crippen LogP contribution in [0.3, 0.4) is 0 Å². The summed E-state index contributed by atoms with van der Waals surface area (Å²) in [5.41, 5.74) is 7.17. The summed E-state index contributed by atoms with van der Waals surface area (Å²) in [7, 11) is 0. The largest absolute Gasteiger partial charge is 0.474 e. The highest BCUT2D eigenvalue weighted by molar-refractivity contribution is 5.91. The second-order valence-electron chi connectivity index (χ2n) is 10.3. The molecule has 0 aromatic carbocycles. The van der Waals surface area contributed by atoms with Crippen LogP contribution in [0.5, 0.6) is 5.88 Å². The lowest BCUT2D eigenvalue weighted by Gasteiger charge is -2.54. The van der Waals surface area contributed by atoms with E-state index in [4.69, 9.17) is 10.5 Å². The minimum atomic E-state index is -0.519. The molecule has 1 saturated carbocycles. The van der Waals surface area contributed by atoms with Gasteiger partial charge in [0.1, 0.15) is 23.8 Å². The molecule has 4 aliphatic rings. The highest BCUT2D eigenvalue weighted by atomic mass is 16.5. The Morgan fingerprint density at radius 1 is 1.12 bits per heavy atom. The molecule has 8 nitrogen and oxygen atoms in total. The SMILES string of the molecule is NC(=O)c1ccc2c(n1)OCC1CN(CC3CC4(CCN(c5ccccn5)CC4)C3)CCN21. The van der Waals surface area contributed by atoms with E-state index in [0.717, 1.165) is 50.1 Å². The van der Waals surface area contributed by atoms with Crippen molar-refractivity contribution in [1.82, 2.24) is 14.9 Å². The normalized spacial score (nSPS) is 24.5. The quantitative estimate of drug-likeness (QED) is 0.767. The first-order chi connectivity index (χ1) is 16.1. The van der Waals surface area contributed by atoms with E-state index in [0.29, 0.717) is 23.9 Å². The van der Waals surface area contributed by atoms with Crippen molar-refractivity contribution in [3.05, 3.63) is 42.2 Å². The van der Waals surface area contributed by atoms with Crippen molar-refractivity contribution < 1.29 is 9.53 Å². The number of pyridine rings is 2. The summed E-state index contributed by atoms with van der Waals surface area (Å²) in [5.74, 6) is 1.95. The van der Waals surface area contributed by atoms with Crippen molar-refractivity contribution in [1.29, 1.82) is 0 Å². The predicted octanol–water partition coefficient (Wildman–Crippen LogP) is 2.16. The Hall–Kier alpha value is -2.87. The van der Waals surface area contributed by atoms with Gasteiger partial charge in [0.05, 0.1) is 6.04 Å². The van der Waals surface area contributed by atoms with Gasteiger partial charge in [-0.15, -0.1) is 0 Å². The second-order valence-corrected chi connectivity index (χ2v) is 10.3. The maximum Gasteiger partial charge on any atom is 0.267 e. The number of carbonyl (C=O) groups excluding carboxylic acids is 1. The molecule has 2 aromatic rings. The van der Waals surface area contributed by atoms with E-state index in [2.05, 4.69) is 36.8 Å². The number of amides is 1. The molecule has 1 spiro atoms. The fourth-order valence-corrected chi connectivity index (χ4v) is 6.43. The van der Waals surface area contributed by atoms with Crippen LogP contribution in [0.25, 0.3) is 0 Å². The molecule has 174 valence electrons. The number of rotatable bonds is 4. The third-order valence-corrected chi connectivity index (χ3v) is 8.14. The lowest BCUT2D eigenvalue weighted by molar-refractivity contribution is 0.00284. The molecule has 0 radical (unpaired) electrons. The van der Waals surface area contributed by atoms with Crippen LogP contribution in [0, 0.1) is 11.3 Å². The molecule has 2 N–H and O–H groups in total. The van der Waals surface area contributed by atoms with Gasteiger partial charge >= 0.3 is 0 Å². The van der Waals surface area contributed by atoms with E-state index >= 15 is 0 Å². The molecule has 6 rings (SSSR count). The lowest BCUT2D eigenvalue weighted by atomic mass is 9.57. The molecular weight excluding hydrogens is 416 g/mol. The van der Waals surface area contributed by atoms with Crippen LogP contribution in [0.15, 0.2) is 36.5 Å². The Balaban J connectivity index is 1.00. The molecule has 5 heterocycles. The number of piperidine rings is 1. The van der Waals surface area contributed by atoms with Gasteiger partial charge in [-0.3, -0.25) is 9.69 Å². The number of carbonyl (C=O) groups is 1. The van der Waals surface area contributed by atoms with E-state index in [9.17, 15) is 4.79 Å². The molecule has 2 saturated heterocycles. The van der Waals surface area contributed by atoms with Gasteiger partial charge in [0.15, 0.2) is 0 Å². The van der Waals surface area contributed by atoms with E-state index in [1.807, 2.05) is 18.3 Å². The maximum absolute atomic E-state index is 11.4. The lowest BCUT2D eigenvalue weighted by Crippen LogP contribution is -2.59. The Morgan fingerprint density at radius 3 is 2.73 bits per heavy atom. The van der Waals surface area contributed by atoms with Crippen molar-refractivity contribution >= 4 is 17.4 Å². The second kappa shape index (κ2) is 8.17. The van der Waals surface area contributed by atoms with Crippen molar-refractivity contribution in [3.8, 4) is 5.88 Å². The van der Waals surface area contributed by atoms with Crippen LogP contribution < -0.4 is 20.3 Å². The van der Waals surface area contributed by atoms with Crippen molar-refractivity contribution in [2.75, 3.05) is 55.7 Å². The van der Waals surface area contributed by atoms with Crippen molar-refractivity contribution in [2.45, 2.75) is 31.7 Å². The fraction of sp³-hybridized carbons (Fsp3) is 0.560. The molecular formula is C25H32N6O2. The first-order valence-corrected chi connectivity index (χ1v) is 12.2. The van der Waals surface area contributed by atoms with Crippen LogP contribution in [-0.4, -0.2) is 72.7 Å². The summed E-state index contributed by atoms with van der Waals surface area (Å²) >= 11 is 0. The van der Waals surface area contributed by atoms with Gasteiger partial charge in [-0.1, -0.05) is 6.07 Å². The van der Waals surface area contributed by atoms with Crippen LogP contribution in [-0.2, 0) is 0 Å². The minimum Gasteiger partial charge on any atom is -0.474 e. The highest BCUT2D eigenvalue weighted by Gasteiger charge is 2.46. The Bertz CT molecular complexity index is 1010. The predicted molar refractivity (Wildman–Crippen MR) is 127 cm³/mol. The first kappa shape index (κ1) is 20.7.